The van der Waals surface area contributed by atoms with Crippen molar-refractivity contribution in [2.24, 2.45) is 22.7 Å². The third-order valence-electron chi connectivity index (χ3n) is 10.1. The summed E-state index contributed by atoms with van der Waals surface area (Å²) in [4.78, 5) is 53.8. The number of carbonyl (C=O) groups is 4. The molecule has 9 heteroatoms. The van der Waals surface area contributed by atoms with Gasteiger partial charge in [-0.05, 0) is 42.7 Å². The number of aliphatic hydroxyl groups excluding tert-OH is 3. The van der Waals surface area contributed by atoms with Gasteiger partial charge in [0.15, 0.2) is 23.0 Å². The molecule has 0 saturated heterocycles. The number of carbonyl (C=O) groups excluding carboxylic acids is 4. The van der Waals surface area contributed by atoms with E-state index in [1.165, 1.54) is 20.8 Å². The van der Waals surface area contributed by atoms with Crippen LogP contribution in [-0.2, 0) is 15.0 Å². The minimum atomic E-state index is -2.96. The number of allylic oxidation sites excluding steroid dienone is 1. The molecule has 1 unspecified atom stereocenters. The molecule has 0 heterocycles. The topological polar surface area (TPSA) is 169 Å². The number of aliphatic hydroxyl groups is 4. The van der Waals surface area contributed by atoms with Crippen LogP contribution in [0.15, 0.2) is 28.7 Å². The average molecular weight is 569 g/mol. The second-order valence-corrected chi connectivity index (χ2v) is 13.7. The van der Waals surface area contributed by atoms with Crippen molar-refractivity contribution >= 4 is 23.1 Å². The van der Waals surface area contributed by atoms with Gasteiger partial charge in [0.05, 0.1) is 17.2 Å². The van der Waals surface area contributed by atoms with Crippen LogP contribution in [-0.4, -0.2) is 60.4 Å². The van der Waals surface area contributed by atoms with Crippen molar-refractivity contribution in [3.63, 3.8) is 0 Å². The van der Waals surface area contributed by atoms with Gasteiger partial charge in [0.25, 0.3) is 0 Å². The lowest BCUT2D eigenvalue weighted by atomic mass is 9.41. The maximum Gasteiger partial charge on any atom is 0.209 e. The number of fused-ring (bicyclic) bond motifs is 3. The van der Waals surface area contributed by atoms with Crippen LogP contribution in [0.25, 0.3) is 0 Å². The summed E-state index contributed by atoms with van der Waals surface area (Å²) in [6, 6.07) is 1.54. The number of aromatic hydroxyl groups is 1. The Morgan fingerprint density at radius 3 is 1.98 bits per heavy atom. The smallest absolute Gasteiger partial charge is 0.209 e. The molecular formula is C32H40O9. The van der Waals surface area contributed by atoms with Crippen LogP contribution in [0.3, 0.4) is 0 Å². The molecule has 1 aromatic rings. The Morgan fingerprint density at radius 2 is 1.54 bits per heavy atom. The van der Waals surface area contributed by atoms with Crippen molar-refractivity contribution in [1.29, 1.82) is 0 Å². The van der Waals surface area contributed by atoms with Gasteiger partial charge >= 0.3 is 0 Å². The molecule has 0 fully saturated rings. The van der Waals surface area contributed by atoms with E-state index in [1.54, 1.807) is 47.6 Å². The third kappa shape index (κ3) is 3.42. The van der Waals surface area contributed by atoms with Gasteiger partial charge in [-0.3, -0.25) is 19.2 Å². The number of phenols is 1. The molecule has 1 aromatic carbocycles. The van der Waals surface area contributed by atoms with E-state index in [-0.39, 0.29) is 22.5 Å². The molecular weight excluding hydrogens is 528 g/mol. The van der Waals surface area contributed by atoms with Crippen LogP contribution < -0.4 is 0 Å². The highest BCUT2D eigenvalue weighted by Crippen LogP contribution is 2.68. The number of phenolic OH excluding ortho intramolecular Hbond substituents is 1. The summed E-state index contributed by atoms with van der Waals surface area (Å²) >= 11 is 0. The lowest BCUT2D eigenvalue weighted by molar-refractivity contribution is -0.211. The number of hydrogen-bond acceptors (Lipinski definition) is 9. The van der Waals surface area contributed by atoms with Crippen LogP contribution in [0.1, 0.15) is 107 Å². The summed E-state index contributed by atoms with van der Waals surface area (Å²) in [6.45, 7) is 15.6. The SMILES string of the molecule is CC(=O)C1=C(O)C(C(C)C)[C@@]2(C)[C@H](O)[C@]3(C)C(=C(O)[C@@]2(O)C1=O)C(=O)c1c(O)c(C(C)(C)C)cc(C(C)=O)c1[C@H]3C. The maximum atomic E-state index is 14.4. The van der Waals surface area contributed by atoms with Gasteiger partial charge in [0, 0.05) is 27.9 Å². The Labute approximate surface area is 239 Å². The van der Waals surface area contributed by atoms with Crippen LogP contribution in [0, 0.1) is 22.7 Å². The molecule has 0 aliphatic heterocycles. The second-order valence-electron chi connectivity index (χ2n) is 13.7. The first kappa shape index (κ1) is 30.7. The summed E-state index contributed by atoms with van der Waals surface area (Å²) in [7, 11) is 0. The molecule has 3 aliphatic rings. The lowest BCUT2D eigenvalue weighted by Gasteiger charge is -2.63. The molecule has 0 spiro atoms. The van der Waals surface area contributed by atoms with Gasteiger partial charge in [-0.1, -0.05) is 55.4 Å². The van der Waals surface area contributed by atoms with Gasteiger partial charge in [-0.25, -0.2) is 0 Å². The lowest BCUT2D eigenvalue weighted by Crippen LogP contribution is -2.73. The average Bonchev–Trinajstić information content (AvgIpc) is 2.82. The van der Waals surface area contributed by atoms with Gasteiger partial charge in [-0.2, -0.15) is 0 Å². The zero-order valence-corrected chi connectivity index (χ0v) is 25.3. The van der Waals surface area contributed by atoms with E-state index >= 15 is 0 Å². The first-order chi connectivity index (χ1) is 18.5. The molecule has 0 saturated carbocycles. The maximum absolute atomic E-state index is 14.4. The van der Waals surface area contributed by atoms with E-state index in [2.05, 4.69) is 0 Å². The zero-order chi connectivity index (χ0) is 31.5. The number of ketones is 4. The van der Waals surface area contributed by atoms with Crippen LogP contribution in [0.2, 0.25) is 0 Å². The largest absolute Gasteiger partial charge is 0.511 e. The Balaban J connectivity index is 2.23. The van der Waals surface area contributed by atoms with E-state index in [4.69, 9.17) is 0 Å². The standard InChI is InChI=1S/C32H40O9/c1-12(2)21-24(36)19(15(5)34)26(38)32(41)27(39)22-25(37)20-18(13(3)30(22,9)28(40)31(21,32)10)16(14(4)33)11-17(23(20)35)29(6,7)8/h11-13,21,28,35-36,39-41H,1-10H3/t13-,21?,28-,30+,31+,32+/m1/s1. The van der Waals surface area contributed by atoms with E-state index in [1.807, 2.05) is 0 Å². The molecule has 41 heavy (non-hydrogen) atoms. The highest BCUT2D eigenvalue weighted by molar-refractivity contribution is 6.25. The number of hydrogen-bond donors (Lipinski definition) is 5. The first-order valence-corrected chi connectivity index (χ1v) is 13.8. The van der Waals surface area contributed by atoms with Crippen molar-refractivity contribution in [3.05, 3.63) is 51.0 Å². The number of rotatable bonds is 3. The molecule has 5 N–H and O–H groups in total. The van der Waals surface area contributed by atoms with E-state index in [0.29, 0.717) is 5.56 Å². The molecule has 4 rings (SSSR count). The Hall–Kier alpha value is -3.30. The first-order valence-electron chi connectivity index (χ1n) is 13.8. The highest BCUT2D eigenvalue weighted by Gasteiger charge is 2.76. The van der Waals surface area contributed by atoms with Crippen molar-refractivity contribution in [2.45, 2.75) is 92.3 Å². The van der Waals surface area contributed by atoms with Crippen molar-refractivity contribution in [1.82, 2.24) is 0 Å². The quantitative estimate of drug-likeness (QED) is 0.262. The minimum absolute atomic E-state index is 0.170. The van der Waals surface area contributed by atoms with E-state index in [9.17, 15) is 44.7 Å². The summed E-state index contributed by atoms with van der Waals surface area (Å²) in [5.74, 6) is -8.16. The third-order valence-corrected chi connectivity index (χ3v) is 10.1. The summed E-state index contributed by atoms with van der Waals surface area (Å²) < 4.78 is 0. The number of Topliss-reactive ketones (excluding diaryl/α,β-unsaturated/α-hetero) is 4. The van der Waals surface area contributed by atoms with Crippen LogP contribution in [0.4, 0.5) is 0 Å². The number of benzene rings is 1. The fourth-order valence-electron chi connectivity index (χ4n) is 7.94. The van der Waals surface area contributed by atoms with Crippen molar-refractivity contribution in [2.75, 3.05) is 0 Å². The van der Waals surface area contributed by atoms with Crippen molar-refractivity contribution < 1.29 is 44.7 Å². The molecule has 0 bridgehead atoms. The van der Waals surface area contributed by atoms with Crippen LogP contribution in [0.5, 0.6) is 5.75 Å². The molecule has 222 valence electrons. The predicted octanol–water partition coefficient (Wildman–Crippen LogP) is 4.38. The van der Waals surface area contributed by atoms with Gasteiger partial charge in [0.2, 0.25) is 5.78 Å². The van der Waals surface area contributed by atoms with Gasteiger partial charge < -0.3 is 25.5 Å². The monoisotopic (exact) mass is 568 g/mol. The summed E-state index contributed by atoms with van der Waals surface area (Å²) in [5.41, 5.74) is -8.15. The fraction of sp³-hybridized carbons (Fsp3) is 0.562. The molecule has 3 aliphatic carbocycles. The normalized spacial score (nSPS) is 33.5. The second kappa shape index (κ2) is 8.85. The zero-order valence-electron chi connectivity index (χ0n) is 25.3. The fourth-order valence-corrected chi connectivity index (χ4v) is 7.94. The molecule has 0 radical (unpaired) electrons. The summed E-state index contributed by atoms with van der Waals surface area (Å²) in [6.07, 6.45) is -1.76. The Morgan fingerprint density at radius 1 is 1.00 bits per heavy atom. The van der Waals surface area contributed by atoms with Gasteiger partial charge in [-0.15, -0.1) is 0 Å². The molecule has 0 amide bonds. The Kier molecular flexibility index (Phi) is 6.62. The Bertz CT molecular complexity index is 1500. The summed E-state index contributed by atoms with van der Waals surface area (Å²) in [5, 5.41) is 59.1. The molecule has 6 atom stereocenters. The van der Waals surface area contributed by atoms with E-state index in [0.717, 1.165) is 6.92 Å². The minimum Gasteiger partial charge on any atom is -0.511 e. The molecule has 0 aromatic heterocycles. The predicted molar refractivity (Wildman–Crippen MR) is 150 cm³/mol. The van der Waals surface area contributed by atoms with E-state index < -0.39 is 91.5 Å². The molecule has 9 nitrogen and oxygen atoms in total. The van der Waals surface area contributed by atoms with Gasteiger partial charge in [0.1, 0.15) is 22.8 Å². The van der Waals surface area contributed by atoms with Crippen LogP contribution >= 0.6 is 0 Å². The van der Waals surface area contributed by atoms with Crippen molar-refractivity contribution in [3.8, 4) is 5.75 Å². The highest BCUT2D eigenvalue weighted by atomic mass is 16.4.